The van der Waals surface area contributed by atoms with Gasteiger partial charge in [-0.05, 0) is 6.92 Å². The Balaban J connectivity index is -0.0000000450. The molecule has 2 nitrogen and oxygen atoms in total. The van der Waals surface area contributed by atoms with Gasteiger partial charge in [-0.25, -0.2) is 0 Å². The van der Waals surface area contributed by atoms with Crippen molar-refractivity contribution in [3.8, 4) is 0 Å². The average Bonchev–Trinajstić information content (AvgIpc) is 0.811. The third-order valence-electron chi connectivity index (χ3n) is 0. The minimum Gasteiger partial charge on any atom is -0.550 e. The van der Waals surface area contributed by atoms with Gasteiger partial charge < -0.3 is 9.90 Å². The van der Waals surface area contributed by atoms with E-state index in [2.05, 4.69) is 0 Å². The molecule has 0 amide bonds. The van der Waals surface area contributed by atoms with Gasteiger partial charge in [-0.1, -0.05) is 0 Å². The normalized spacial score (nSPS) is 4.17. The summed E-state index contributed by atoms with van der Waals surface area (Å²) in [5, 5.41) is 8.89. The first kappa shape index (κ1) is 16.4. The van der Waals surface area contributed by atoms with Crippen molar-refractivity contribution >= 4 is 5.97 Å². The molecule has 38 valence electrons. The number of carboxylic acid groups (broad SMARTS) is 1. The predicted molar refractivity (Wildman–Crippen MR) is 13.9 cm³/mol. The van der Waals surface area contributed by atoms with Crippen molar-refractivity contribution in [3.63, 3.8) is 0 Å². The Morgan fingerprint density at radius 1 is 1.67 bits per heavy atom. The van der Waals surface area contributed by atoms with E-state index < -0.39 is 5.97 Å². The van der Waals surface area contributed by atoms with Crippen LogP contribution in [-0.4, -0.2) is 5.97 Å². The van der Waals surface area contributed by atoms with E-state index in [4.69, 9.17) is 9.90 Å². The SMILES string of the molecule is CC(=O)[O-].[Ag+].[C]. The maximum atomic E-state index is 8.89. The molecule has 0 aromatic heterocycles. The molecular formula is C3H3AgO2. The van der Waals surface area contributed by atoms with Gasteiger partial charge in [0.25, 0.3) is 0 Å². The summed E-state index contributed by atoms with van der Waals surface area (Å²) < 4.78 is 0. The zero-order valence-corrected chi connectivity index (χ0v) is 4.60. The number of carboxylic acids is 1. The Morgan fingerprint density at radius 3 is 1.67 bits per heavy atom. The van der Waals surface area contributed by atoms with Crippen molar-refractivity contribution in [1.82, 2.24) is 0 Å². The fourth-order valence-corrected chi connectivity index (χ4v) is 0. The molecule has 0 aliphatic heterocycles. The second kappa shape index (κ2) is 8.96. The summed E-state index contributed by atoms with van der Waals surface area (Å²) in [6, 6.07) is 0. The van der Waals surface area contributed by atoms with E-state index in [1.165, 1.54) is 0 Å². The predicted octanol–water partition coefficient (Wildman–Crippen LogP) is -1.17. The molecule has 0 fully saturated rings. The van der Waals surface area contributed by atoms with E-state index in [9.17, 15) is 0 Å². The van der Waals surface area contributed by atoms with E-state index >= 15 is 0 Å². The second-order valence-corrected chi connectivity index (χ2v) is 0.492. The van der Waals surface area contributed by atoms with Crippen molar-refractivity contribution in [3.05, 3.63) is 7.43 Å². The topological polar surface area (TPSA) is 40.1 Å². The van der Waals surface area contributed by atoms with Crippen LogP contribution in [0, 0.1) is 7.43 Å². The molecule has 0 aliphatic rings. The van der Waals surface area contributed by atoms with Gasteiger partial charge in [0.2, 0.25) is 0 Å². The van der Waals surface area contributed by atoms with Gasteiger partial charge in [0, 0.05) is 13.4 Å². The molecular weight excluding hydrogens is 176 g/mol. The van der Waals surface area contributed by atoms with Gasteiger partial charge in [-0.2, -0.15) is 0 Å². The van der Waals surface area contributed by atoms with Crippen molar-refractivity contribution < 1.29 is 32.3 Å². The van der Waals surface area contributed by atoms with Crippen LogP contribution in [0.25, 0.3) is 0 Å². The number of rotatable bonds is 0. The minimum absolute atomic E-state index is 0. The minimum atomic E-state index is -1.08. The Labute approximate surface area is 53.1 Å². The van der Waals surface area contributed by atoms with Gasteiger partial charge in [0.15, 0.2) is 0 Å². The van der Waals surface area contributed by atoms with Crippen LogP contribution in [-0.2, 0) is 27.2 Å². The van der Waals surface area contributed by atoms with Crippen LogP contribution in [0.4, 0.5) is 0 Å². The zero-order chi connectivity index (χ0) is 3.58. The Kier molecular flexibility index (Phi) is 24.4. The van der Waals surface area contributed by atoms with Gasteiger partial charge in [0.1, 0.15) is 0 Å². The number of carbonyl (C=O) groups excluding carboxylic acids is 1. The molecule has 0 atom stereocenters. The molecule has 0 rings (SSSR count). The monoisotopic (exact) mass is 178 g/mol. The van der Waals surface area contributed by atoms with Crippen molar-refractivity contribution in [1.29, 1.82) is 0 Å². The zero-order valence-electron chi connectivity index (χ0n) is 3.12. The van der Waals surface area contributed by atoms with Crippen LogP contribution < -0.4 is 5.11 Å². The molecule has 0 saturated carbocycles. The van der Waals surface area contributed by atoms with E-state index in [0.29, 0.717) is 0 Å². The Hall–Kier alpha value is 0.210. The molecule has 0 aromatic rings. The largest absolute Gasteiger partial charge is 1.00 e. The smallest absolute Gasteiger partial charge is 0.550 e. The van der Waals surface area contributed by atoms with Gasteiger partial charge >= 0.3 is 22.4 Å². The van der Waals surface area contributed by atoms with Crippen molar-refractivity contribution in [2.75, 3.05) is 0 Å². The van der Waals surface area contributed by atoms with Crippen LogP contribution in [0.5, 0.6) is 0 Å². The molecule has 0 bridgehead atoms. The summed E-state index contributed by atoms with van der Waals surface area (Å²) in [6.45, 7) is 0.972. The van der Waals surface area contributed by atoms with E-state index in [-0.39, 0.29) is 29.8 Å². The number of hydrogen-bond donors (Lipinski definition) is 0. The van der Waals surface area contributed by atoms with E-state index in [1.54, 1.807) is 0 Å². The third-order valence-corrected chi connectivity index (χ3v) is 0. The van der Waals surface area contributed by atoms with Gasteiger partial charge in [0.05, 0.1) is 0 Å². The quantitative estimate of drug-likeness (QED) is 0.439. The van der Waals surface area contributed by atoms with Crippen molar-refractivity contribution in [2.45, 2.75) is 6.92 Å². The number of aliphatic carboxylic acids is 1. The molecule has 3 heteroatoms. The fourth-order valence-electron chi connectivity index (χ4n) is 0. The summed E-state index contributed by atoms with van der Waals surface area (Å²) in [7, 11) is 0. The number of hydrogen-bond acceptors (Lipinski definition) is 2. The van der Waals surface area contributed by atoms with Crippen LogP contribution >= 0.6 is 0 Å². The Bertz CT molecular complexity index is 31.8. The molecule has 0 saturated heterocycles. The average molecular weight is 179 g/mol. The summed E-state index contributed by atoms with van der Waals surface area (Å²) >= 11 is 0. The first-order chi connectivity index (χ1) is 1.73. The van der Waals surface area contributed by atoms with Gasteiger partial charge in [-0.15, -0.1) is 0 Å². The maximum Gasteiger partial charge on any atom is 1.00 e. The van der Waals surface area contributed by atoms with E-state index in [0.717, 1.165) is 6.92 Å². The van der Waals surface area contributed by atoms with Crippen LogP contribution in [0.3, 0.4) is 0 Å². The molecule has 0 unspecified atom stereocenters. The van der Waals surface area contributed by atoms with Gasteiger partial charge in [-0.3, -0.25) is 0 Å². The first-order valence-electron chi connectivity index (χ1n) is 0.908. The maximum absolute atomic E-state index is 8.89. The summed E-state index contributed by atoms with van der Waals surface area (Å²) in [5.74, 6) is -1.08. The number of carbonyl (C=O) groups is 1. The second-order valence-electron chi connectivity index (χ2n) is 0.492. The summed E-state index contributed by atoms with van der Waals surface area (Å²) in [4.78, 5) is 8.89. The molecule has 0 aromatic carbocycles. The van der Waals surface area contributed by atoms with Crippen LogP contribution in [0.15, 0.2) is 0 Å². The molecule has 0 N–H and O–H groups in total. The summed E-state index contributed by atoms with van der Waals surface area (Å²) in [5.41, 5.74) is 0. The van der Waals surface area contributed by atoms with E-state index in [1.807, 2.05) is 0 Å². The third kappa shape index (κ3) is 981. The van der Waals surface area contributed by atoms with Crippen LogP contribution in [0.2, 0.25) is 0 Å². The first-order valence-corrected chi connectivity index (χ1v) is 0.908. The summed E-state index contributed by atoms with van der Waals surface area (Å²) in [6.07, 6.45) is 0. The van der Waals surface area contributed by atoms with Crippen molar-refractivity contribution in [2.24, 2.45) is 0 Å². The molecule has 0 aliphatic carbocycles. The molecule has 0 spiro atoms. The fraction of sp³-hybridized carbons (Fsp3) is 0.333. The van der Waals surface area contributed by atoms with Crippen LogP contribution in [0.1, 0.15) is 6.92 Å². The standard InChI is InChI=1S/C2H4O2.C.Ag/c1-2(3)4;;/h1H3,(H,3,4);;/q;;+1/p-1. The molecule has 4 radical (unpaired) electrons. The molecule has 6 heavy (non-hydrogen) atoms. The molecule has 0 heterocycles. The Morgan fingerprint density at radius 2 is 1.67 bits per heavy atom.